The maximum absolute atomic E-state index is 10.9. The van der Waals surface area contributed by atoms with Gasteiger partial charge >= 0.3 is 5.97 Å². The molecule has 0 saturated heterocycles. The van der Waals surface area contributed by atoms with Crippen molar-refractivity contribution in [1.29, 1.82) is 5.41 Å². The van der Waals surface area contributed by atoms with E-state index in [1.165, 1.54) is 0 Å². The van der Waals surface area contributed by atoms with E-state index in [0.29, 0.717) is 17.7 Å². The molecule has 0 bridgehead atoms. The van der Waals surface area contributed by atoms with Crippen LogP contribution in [0.3, 0.4) is 0 Å². The molecule has 0 saturated carbocycles. The highest BCUT2D eigenvalue weighted by Gasteiger charge is 2.18. The zero-order valence-corrected chi connectivity index (χ0v) is 9.64. The van der Waals surface area contributed by atoms with Gasteiger partial charge in [0.05, 0.1) is 0 Å². The van der Waals surface area contributed by atoms with Crippen molar-refractivity contribution in [3.8, 4) is 5.75 Å². The zero-order chi connectivity index (χ0) is 12.8. The summed E-state index contributed by atoms with van der Waals surface area (Å²) in [5, 5.41) is 16.2. The van der Waals surface area contributed by atoms with Crippen LogP contribution >= 0.6 is 0 Å². The number of amidine groups is 1. The first-order valence-electron chi connectivity index (χ1n) is 5.38. The van der Waals surface area contributed by atoms with E-state index in [2.05, 4.69) is 0 Å². The van der Waals surface area contributed by atoms with Gasteiger partial charge in [-0.3, -0.25) is 5.41 Å². The standard InChI is InChI=1S/C12H16N2O3/c1-2-4-10(12(15)16)17-9-6-3-5-8(7-9)11(13)14/h3,5-7,10H,2,4H2,1H3,(H3,13,14)(H,15,16)/t10-/m1/s1. The van der Waals surface area contributed by atoms with Crippen LogP contribution in [0, 0.1) is 5.41 Å². The van der Waals surface area contributed by atoms with Gasteiger partial charge in [-0.05, 0) is 18.6 Å². The first kappa shape index (κ1) is 13.0. The lowest BCUT2D eigenvalue weighted by Crippen LogP contribution is -2.26. The number of aliphatic carboxylic acids is 1. The summed E-state index contributed by atoms with van der Waals surface area (Å²) in [7, 11) is 0. The van der Waals surface area contributed by atoms with Gasteiger partial charge in [0.25, 0.3) is 0 Å². The maximum atomic E-state index is 10.9. The fourth-order valence-corrected chi connectivity index (χ4v) is 1.40. The Bertz CT molecular complexity index is 418. The summed E-state index contributed by atoms with van der Waals surface area (Å²) in [5.41, 5.74) is 5.86. The highest BCUT2D eigenvalue weighted by Crippen LogP contribution is 2.16. The van der Waals surface area contributed by atoms with E-state index in [0.717, 1.165) is 6.42 Å². The molecule has 17 heavy (non-hydrogen) atoms. The van der Waals surface area contributed by atoms with Crippen LogP contribution in [0.15, 0.2) is 24.3 Å². The number of carboxylic acids is 1. The quantitative estimate of drug-likeness (QED) is 0.516. The number of rotatable bonds is 6. The van der Waals surface area contributed by atoms with Gasteiger partial charge in [0.2, 0.25) is 0 Å². The van der Waals surface area contributed by atoms with Crippen LogP contribution in [0.2, 0.25) is 0 Å². The topological polar surface area (TPSA) is 96.4 Å². The smallest absolute Gasteiger partial charge is 0.344 e. The van der Waals surface area contributed by atoms with Crippen molar-refractivity contribution < 1.29 is 14.6 Å². The predicted molar refractivity (Wildman–Crippen MR) is 64.4 cm³/mol. The van der Waals surface area contributed by atoms with Crippen LogP contribution in [0.4, 0.5) is 0 Å². The van der Waals surface area contributed by atoms with Crippen molar-refractivity contribution in [2.45, 2.75) is 25.9 Å². The molecule has 92 valence electrons. The summed E-state index contributed by atoms with van der Waals surface area (Å²) in [5.74, 6) is -0.642. The van der Waals surface area contributed by atoms with Crippen LogP contribution in [-0.2, 0) is 4.79 Å². The van der Waals surface area contributed by atoms with Gasteiger partial charge < -0.3 is 15.6 Å². The minimum atomic E-state index is -0.986. The number of hydrogen-bond acceptors (Lipinski definition) is 3. The Morgan fingerprint density at radius 2 is 2.29 bits per heavy atom. The molecule has 5 nitrogen and oxygen atoms in total. The highest BCUT2D eigenvalue weighted by molar-refractivity contribution is 5.95. The number of nitrogens with one attached hydrogen (secondary N) is 1. The summed E-state index contributed by atoms with van der Waals surface area (Å²) in [6.45, 7) is 1.89. The first-order valence-corrected chi connectivity index (χ1v) is 5.38. The molecule has 0 fully saturated rings. The predicted octanol–water partition coefficient (Wildman–Crippen LogP) is 1.60. The van der Waals surface area contributed by atoms with Gasteiger partial charge in [-0.15, -0.1) is 0 Å². The van der Waals surface area contributed by atoms with Gasteiger partial charge in [0, 0.05) is 5.56 Å². The second-order valence-electron chi connectivity index (χ2n) is 3.67. The Kier molecular flexibility index (Phi) is 4.51. The number of hydrogen-bond donors (Lipinski definition) is 3. The SMILES string of the molecule is CCC[C@@H](Oc1cccc(C(=N)N)c1)C(=O)O. The monoisotopic (exact) mass is 236 g/mol. The Labute approximate surface area is 99.7 Å². The van der Waals surface area contributed by atoms with E-state index in [1.807, 2.05) is 6.92 Å². The zero-order valence-electron chi connectivity index (χ0n) is 9.64. The number of carbonyl (C=O) groups is 1. The maximum Gasteiger partial charge on any atom is 0.344 e. The number of nitrogen functional groups attached to an aromatic ring is 1. The Morgan fingerprint density at radius 3 is 2.82 bits per heavy atom. The van der Waals surface area contributed by atoms with Crippen LogP contribution in [0.1, 0.15) is 25.3 Å². The molecule has 0 heterocycles. The molecular weight excluding hydrogens is 220 g/mol. The highest BCUT2D eigenvalue weighted by atomic mass is 16.5. The van der Waals surface area contributed by atoms with Crippen molar-refractivity contribution in [2.75, 3.05) is 0 Å². The second-order valence-corrected chi connectivity index (χ2v) is 3.67. The number of benzene rings is 1. The van der Waals surface area contributed by atoms with Crippen LogP contribution in [0.25, 0.3) is 0 Å². The van der Waals surface area contributed by atoms with Gasteiger partial charge in [0.15, 0.2) is 6.10 Å². The summed E-state index contributed by atoms with van der Waals surface area (Å²) >= 11 is 0. The third kappa shape index (κ3) is 3.79. The van der Waals surface area contributed by atoms with Crippen molar-refractivity contribution in [3.63, 3.8) is 0 Å². The molecule has 0 aliphatic carbocycles. The molecule has 4 N–H and O–H groups in total. The minimum absolute atomic E-state index is 0.0715. The Morgan fingerprint density at radius 1 is 1.59 bits per heavy atom. The Hall–Kier alpha value is -2.04. The second kappa shape index (κ2) is 5.89. The molecule has 0 aromatic heterocycles. The molecule has 0 unspecified atom stereocenters. The first-order chi connectivity index (χ1) is 8.04. The molecule has 1 aromatic rings. The lowest BCUT2D eigenvalue weighted by atomic mass is 10.2. The molecule has 0 spiro atoms. The summed E-state index contributed by atoms with van der Waals surface area (Å²) in [6.07, 6.45) is 0.311. The van der Waals surface area contributed by atoms with Crippen LogP contribution in [-0.4, -0.2) is 23.0 Å². The minimum Gasteiger partial charge on any atom is -0.479 e. The number of ether oxygens (including phenoxy) is 1. The molecule has 0 amide bonds. The average molecular weight is 236 g/mol. The summed E-state index contributed by atoms with van der Waals surface area (Å²) < 4.78 is 5.36. The molecule has 0 radical (unpaired) electrons. The molecule has 0 aliphatic rings. The van der Waals surface area contributed by atoms with Gasteiger partial charge in [-0.25, -0.2) is 4.79 Å². The number of carboxylic acid groups (broad SMARTS) is 1. The Balaban J connectivity index is 2.82. The van der Waals surface area contributed by atoms with E-state index in [4.69, 9.17) is 21.0 Å². The molecule has 1 atom stereocenters. The molecular formula is C12H16N2O3. The van der Waals surface area contributed by atoms with Crippen molar-refractivity contribution in [3.05, 3.63) is 29.8 Å². The lowest BCUT2D eigenvalue weighted by Gasteiger charge is -2.14. The number of nitrogens with two attached hydrogens (primary N) is 1. The molecule has 1 aromatic carbocycles. The van der Waals surface area contributed by atoms with E-state index < -0.39 is 12.1 Å². The van der Waals surface area contributed by atoms with E-state index in [9.17, 15) is 4.79 Å². The third-order valence-electron chi connectivity index (χ3n) is 2.25. The van der Waals surface area contributed by atoms with Gasteiger partial charge in [-0.2, -0.15) is 0 Å². The lowest BCUT2D eigenvalue weighted by molar-refractivity contribution is -0.145. The average Bonchev–Trinajstić information content (AvgIpc) is 2.28. The van der Waals surface area contributed by atoms with Gasteiger partial charge in [0.1, 0.15) is 11.6 Å². The van der Waals surface area contributed by atoms with E-state index >= 15 is 0 Å². The molecule has 5 heteroatoms. The van der Waals surface area contributed by atoms with Gasteiger partial charge in [-0.1, -0.05) is 25.5 Å². The normalized spacial score (nSPS) is 11.8. The van der Waals surface area contributed by atoms with E-state index in [1.54, 1.807) is 24.3 Å². The molecule has 1 rings (SSSR count). The fourth-order valence-electron chi connectivity index (χ4n) is 1.40. The largest absolute Gasteiger partial charge is 0.479 e. The van der Waals surface area contributed by atoms with Crippen LogP contribution in [0.5, 0.6) is 5.75 Å². The van der Waals surface area contributed by atoms with Crippen molar-refractivity contribution in [1.82, 2.24) is 0 Å². The third-order valence-corrected chi connectivity index (χ3v) is 2.25. The van der Waals surface area contributed by atoms with Crippen molar-refractivity contribution in [2.24, 2.45) is 5.73 Å². The fraction of sp³-hybridized carbons (Fsp3) is 0.333. The summed E-state index contributed by atoms with van der Waals surface area (Å²) in [4.78, 5) is 10.9. The van der Waals surface area contributed by atoms with Crippen molar-refractivity contribution >= 4 is 11.8 Å². The summed E-state index contributed by atoms with van der Waals surface area (Å²) in [6, 6.07) is 6.56. The van der Waals surface area contributed by atoms with Crippen LogP contribution < -0.4 is 10.5 Å². The molecule has 0 aliphatic heterocycles. The van der Waals surface area contributed by atoms with E-state index in [-0.39, 0.29) is 5.84 Å².